The highest BCUT2D eigenvalue weighted by molar-refractivity contribution is 5.95. The molecule has 0 saturated heterocycles. The molecule has 0 spiro atoms. The molecule has 1 aromatic carbocycles. The third kappa shape index (κ3) is 2.08. The third-order valence-corrected chi connectivity index (χ3v) is 2.43. The molecule has 0 radical (unpaired) electrons. The van der Waals surface area contributed by atoms with E-state index >= 15 is 0 Å². The van der Waals surface area contributed by atoms with E-state index in [0.29, 0.717) is 11.2 Å². The number of fused-ring (bicyclic) bond motifs is 1. The van der Waals surface area contributed by atoms with Gasteiger partial charge in [-0.15, -0.1) is 0 Å². The van der Waals surface area contributed by atoms with Gasteiger partial charge < -0.3 is 15.4 Å². The van der Waals surface area contributed by atoms with Crippen LogP contribution in [0.1, 0.15) is 17.3 Å². The Hall–Kier alpha value is -2.63. The summed E-state index contributed by atoms with van der Waals surface area (Å²) in [4.78, 5) is 36.2. The van der Waals surface area contributed by atoms with Crippen LogP contribution in [0.25, 0.3) is 10.9 Å². The van der Waals surface area contributed by atoms with Gasteiger partial charge in [-0.1, -0.05) is 0 Å². The van der Waals surface area contributed by atoms with Crippen LogP contribution in [0, 0.1) is 0 Å². The molecule has 0 saturated carbocycles. The maximum atomic E-state index is 11.8. The van der Waals surface area contributed by atoms with Crippen LogP contribution in [0.15, 0.2) is 29.2 Å². The zero-order valence-corrected chi connectivity index (χ0v) is 9.48. The number of nitrogens with one attached hydrogen (secondary N) is 2. The normalized spacial score (nSPS) is 10.3. The van der Waals surface area contributed by atoms with Crippen molar-refractivity contribution in [2.75, 3.05) is 5.32 Å². The zero-order chi connectivity index (χ0) is 13.3. The molecule has 0 unspecified atom stereocenters. The predicted molar refractivity (Wildman–Crippen MR) is 65.8 cm³/mol. The monoisotopic (exact) mass is 246 g/mol. The number of rotatable bonds is 2. The van der Waals surface area contributed by atoms with Crippen molar-refractivity contribution in [3.8, 4) is 0 Å². The van der Waals surface area contributed by atoms with Crippen molar-refractivity contribution in [3.63, 3.8) is 0 Å². The number of aromatic nitrogens is 1. The van der Waals surface area contributed by atoms with Crippen molar-refractivity contribution in [2.24, 2.45) is 0 Å². The number of amides is 1. The summed E-state index contributed by atoms with van der Waals surface area (Å²) in [6, 6.07) is 4.60. The number of aromatic carboxylic acids is 1. The first kappa shape index (κ1) is 11.8. The molecule has 18 heavy (non-hydrogen) atoms. The summed E-state index contributed by atoms with van der Waals surface area (Å²) < 4.78 is 0. The van der Waals surface area contributed by atoms with Gasteiger partial charge in [0.25, 0.3) is 0 Å². The number of pyridine rings is 1. The molecule has 3 N–H and O–H groups in total. The molecule has 0 aliphatic carbocycles. The molecule has 6 heteroatoms. The van der Waals surface area contributed by atoms with Crippen molar-refractivity contribution < 1.29 is 14.7 Å². The molecule has 1 heterocycles. The smallest absolute Gasteiger partial charge is 0.341 e. The first-order valence-electron chi connectivity index (χ1n) is 5.15. The number of anilines is 1. The van der Waals surface area contributed by atoms with Crippen LogP contribution < -0.4 is 10.7 Å². The lowest BCUT2D eigenvalue weighted by molar-refractivity contribution is -0.114. The fraction of sp³-hybridized carbons (Fsp3) is 0.0833. The van der Waals surface area contributed by atoms with Crippen molar-refractivity contribution in [2.45, 2.75) is 6.92 Å². The van der Waals surface area contributed by atoms with Crippen molar-refractivity contribution >= 4 is 28.5 Å². The van der Waals surface area contributed by atoms with Gasteiger partial charge in [-0.25, -0.2) is 4.79 Å². The van der Waals surface area contributed by atoms with E-state index < -0.39 is 11.4 Å². The highest BCUT2D eigenvalue weighted by atomic mass is 16.4. The van der Waals surface area contributed by atoms with Gasteiger partial charge in [-0.3, -0.25) is 9.59 Å². The zero-order valence-electron chi connectivity index (χ0n) is 9.48. The number of carboxylic acids is 1. The Morgan fingerprint density at radius 3 is 2.67 bits per heavy atom. The second kappa shape index (κ2) is 4.33. The molecular formula is C12H10N2O4. The van der Waals surface area contributed by atoms with E-state index in [2.05, 4.69) is 10.3 Å². The summed E-state index contributed by atoms with van der Waals surface area (Å²) in [5.41, 5.74) is 0.144. The van der Waals surface area contributed by atoms with E-state index in [9.17, 15) is 14.4 Å². The van der Waals surface area contributed by atoms with Crippen molar-refractivity contribution in [1.82, 2.24) is 4.98 Å². The molecule has 0 aliphatic rings. The van der Waals surface area contributed by atoms with Crippen LogP contribution in [0.3, 0.4) is 0 Å². The molecule has 0 atom stereocenters. The van der Waals surface area contributed by atoms with Crippen LogP contribution >= 0.6 is 0 Å². The summed E-state index contributed by atoms with van der Waals surface area (Å²) in [5.74, 6) is -1.50. The second-order valence-electron chi connectivity index (χ2n) is 3.78. The fourth-order valence-corrected chi connectivity index (χ4v) is 1.66. The van der Waals surface area contributed by atoms with Gasteiger partial charge in [0, 0.05) is 24.2 Å². The van der Waals surface area contributed by atoms with Gasteiger partial charge in [0.15, 0.2) is 0 Å². The summed E-state index contributed by atoms with van der Waals surface area (Å²) in [7, 11) is 0. The largest absolute Gasteiger partial charge is 0.477 e. The molecule has 0 aliphatic heterocycles. The van der Waals surface area contributed by atoms with E-state index in [4.69, 9.17) is 5.11 Å². The fourth-order valence-electron chi connectivity index (χ4n) is 1.66. The van der Waals surface area contributed by atoms with Crippen LogP contribution in [0.2, 0.25) is 0 Å². The standard InChI is InChI=1S/C12H10N2O4/c1-6(15)14-7-2-3-8-10(4-7)13-5-9(11(8)16)12(17)18/h2-5H,1H3,(H,13,16)(H,14,15)(H,17,18). The van der Waals surface area contributed by atoms with Gasteiger partial charge in [0.05, 0.1) is 5.52 Å². The molecule has 0 fully saturated rings. The van der Waals surface area contributed by atoms with E-state index in [1.165, 1.54) is 13.0 Å². The minimum absolute atomic E-state index is 0.223. The Morgan fingerprint density at radius 1 is 1.33 bits per heavy atom. The van der Waals surface area contributed by atoms with Gasteiger partial charge in [0.2, 0.25) is 11.3 Å². The summed E-state index contributed by atoms with van der Waals surface area (Å²) in [6.45, 7) is 1.38. The summed E-state index contributed by atoms with van der Waals surface area (Å²) >= 11 is 0. The van der Waals surface area contributed by atoms with E-state index in [-0.39, 0.29) is 16.9 Å². The Morgan fingerprint density at radius 2 is 2.06 bits per heavy atom. The molecule has 0 bridgehead atoms. The Labute approximate surface area is 101 Å². The topological polar surface area (TPSA) is 99.3 Å². The highest BCUT2D eigenvalue weighted by Gasteiger charge is 2.11. The van der Waals surface area contributed by atoms with E-state index in [1.807, 2.05) is 0 Å². The predicted octanol–water partition coefficient (Wildman–Crippen LogP) is 1.18. The number of hydrogen-bond donors (Lipinski definition) is 3. The lowest BCUT2D eigenvalue weighted by Crippen LogP contribution is -2.15. The first-order chi connectivity index (χ1) is 8.49. The Kier molecular flexibility index (Phi) is 2.85. The molecule has 2 rings (SSSR count). The van der Waals surface area contributed by atoms with Gasteiger partial charge in [-0.2, -0.15) is 0 Å². The molecule has 92 valence electrons. The Bertz CT molecular complexity index is 703. The molecular weight excluding hydrogens is 236 g/mol. The SMILES string of the molecule is CC(=O)Nc1ccc2c(=O)c(C(=O)O)c[nH]c2c1. The average Bonchev–Trinajstić information content (AvgIpc) is 2.27. The summed E-state index contributed by atoms with van der Waals surface area (Å²) in [6.07, 6.45) is 1.14. The maximum Gasteiger partial charge on any atom is 0.341 e. The minimum Gasteiger partial charge on any atom is -0.477 e. The minimum atomic E-state index is -1.27. The van der Waals surface area contributed by atoms with Gasteiger partial charge in [-0.05, 0) is 18.2 Å². The Balaban J connectivity index is 2.61. The molecule has 2 aromatic rings. The van der Waals surface area contributed by atoms with E-state index in [1.54, 1.807) is 12.1 Å². The lowest BCUT2D eigenvalue weighted by Gasteiger charge is -2.04. The number of hydrogen-bond acceptors (Lipinski definition) is 3. The number of benzene rings is 1. The van der Waals surface area contributed by atoms with Crippen LogP contribution in [0.4, 0.5) is 5.69 Å². The van der Waals surface area contributed by atoms with Crippen molar-refractivity contribution in [1.29, 1.82) is 0 Å². The van der Waals surface area contributed by atoms with Gasteiger partial charge in [0.1, 0.15) is 5.56 Å². The van der Waals surface area contributed by atoms with Gasteiger partial charge >= 0.3 is 5.97 Å². The number of aromatic amines is 1. The number of carbonyl (C=O) groups is 2. The molecule has 1 amide bonds. The number of H-pyrrole nitrogens is 1. The maximum absolute atomic E-state index is 11.8. The third-order valence-electron chi connectivity index (χ3n) is 2.43. The summed E-state index contributed by atoms with van der Waals surface area (Å²) in [5, 5.41) is 11.7. The van der Waals surface area contributed by atoms with Crippen LogP contribution in [-0.4, -0.2) is 22.0 Å². The van der Waals surface area contributed by atoms with Crippen molar-refractivity contribution in [3.05, 3.63) is 40.2 Å². The quantitative estimate of drug-likeness (QED) is 0.740. The van der Waals surface area contributed by atoms with Crippen LogP contribution in [0.5, 0.6) is 0 Å². The first-order valence-corrected chi connectivity index (χ1v) is 5.15. The number of carboxylic acid groups (broad SMARTS) is 1. The highest BCUT2D eigenvalue weighted by Crippen LogP contribution is 2.15. The van der Waals surface area contributed by atoms with Crippen LogP contribution in [-0.2, 0) is 4.79 Å². The van der Waals surface area contributed by atoms with E-state index in [0.717, 1.165) is 6.20 Å². The average molecular weight is 246 g/mol. The number of carbonyl (C=O) groups excluding carboxylic acids is 1. The molecule has 6 nitrogen and oxygen atoms in total. The second-order valence-corrected chi connectivity index (χ2v) is 3.78. The lowest BCUT2D eigenvalue weighted by atomic mass is 10.1. The molecule has 1 aromatic heterocycles.